The third-order valence-corrected chi connectivity index (χ3v) is 4.64. The molecule has 1 atom stereocenters. The standard InChI is InChI=1S/C22H16N2O2/c1-23-19(22(25)26)14-15-10-12-16(13-11-15)24-20-8-4-2-6-17(20)18-7-3-5-9-21(18)24/h2-13,19H,14H2,(H,25,26). The van der Waals surface area contributed by atoms with E-state index in [1.165, 1.54) is 10.8 Å². The Balaban J connectivity index is 1.81. The first kappa shape index (κ1) is 15.9. The van der Waals surface area contributed by atoms with Crippen LogP contribution < -0.4 is 0 Å². The van der Waals surface area contributed by atoms with Gasteiger partial charge in [0.25, 0.3) is 0 Å². The highest BCUT2D eigenvalue weighted by Gasteiger charge is 2.22. The van der Waals surface area contributed by atoms with Gasteiger partial charge in [-0.2, -0.15) is 0 Å². The fourth-order valence-electron chi connectivity index (χ4n) is 3.39. The van der Waals surface area contributed by atoms with E-state index >= 15 is 0 Å². The summed E-state index contributed by atoms with van der Waals surface area (Å²) >= 11 is 0. The summed E-state index contributed by atoms with van der Waals surface area (Å²) in [5.41, 5.74) is 4.12. The second-order valence-electron chi connectivity index (χ2n) is 6.22. The smallest absolute Gasteiger partial charge is 0.388 e. The zero-order valence-electron chi connectivity index (χ0n) is 14.0. The summed E-state index contributed by atoms with van der Waals surface area (Å²) in [7, 11) is 0. The van der Waals surface area contributed by atoms with Crippen LogP contribution in [0.2, 0.25) is 0 Å². The molecule has 4 nitrogen and oxygen atoms in total. The quantitative estimate of drug-likeness (QED) is 0.547. The van der Waals surface area contributed by atoms with Crippen molar-refractivity contribution in [3.63, 3.8) is 0 Å². The molecule has 0 fully saturated rings. The number of carbonyl (C=O) groups is 1. The molecule has 0 saturated heterocycles. The van der Waals surface area contributed by atoms with Gasteiger partial charge in [-0.05, 0) is 29.8 Å². The van der Waals surface area contributed by atoms with Crippen molar-refractivity contribution < 1.29 is 9.90 Å². The van der Waals surface area contributed by atoms with Crippen molar-refractivity contribution in [2.75, 3.05) is 0 Å². The lowest BCUT2D eigenvalue weighted by Gasteiger charge is -2.09. The molecule has 0 aliphatic carbocycles. The Bertz CT molecular complexity index is 1100. The Labute approximate surface area is 150 Å². The lowest BCUT2D eigenvalue weighted by Crippen LogP contribution is -2.18. The highest BCUT2D eigenvalue weighted by Crippen LogP contribution is 2.31. The van der Waals surface area contributed by atoms with Crippen molar-refractivity contribution in [3.8, 4) is 5.69 Å². The molecule has 1 unspecified atom stereocenters. The molecule has 26 heavy (non-hydrogen) atoms. The molecule has 3 aromatic carbocycles. The Morgan fingerprint density at radius 3 is 1.96 bits per heavy atom. The number of rotatable bonds is 4. The lowest BCUT2D eigenvalue weighted by molar-refractivity contribution is -0.137. The number of nitrogens with zero attached hydrogens (tertiary/aromatic N) is 2. The summed E-state index contributed by atoms with van der Waals surface area (Å²) in [6.45, 7) is 7.02. The summed E-state index contributed by atoms with van der Waals surface area (Å²) in [5.74, 6) is -1.08. The van der Waals surface area contributed by atoms with Crippen LogP contribution in [0, 0.1) is 6.57 Å². The van der Waals surface area contributed by atoms with Crippen molar-refractivity contribution >= 4 is 27.8 Å². The summed E-state index contributed by atoms with van der Waals surface area (Å²) in [6.07, 6.45) is 0.215. The minimum atomic E-state index is -1.08. The van der Waals surface area contributed by atoms with E-state index in [1.807, 2.05) is 48.5 Å². The molecule has 126 valence electrons. The molecule has 1 heterocycles. The summed E-state index contributed by atoms with van der Waals surface area (Å²) < 4.78 is 2.21. The van der Waals surface area contributed by atoms with Gasteiger partial charge in [-0.1, -0.05) is 48.5 Å². The number of carboxylic acid groups (broad SMARTS) is 1. The van der Waals surface area contributed by atoms with E-state index in [4.69, 9.17) is 11.7 Å². The van der Waals surface area contributed by atoms with Crippen LogP contribution in [-0.4, -0.2) is 21.7 Å². The van der Waals surface area contributed by atoms with Crippen LogP contribution in [-0.2, 0) is 11.2 Å². The normalized spacial score (nSPS) is 12.1. The second kappa shape index (κ2) is 6.38. The average molecular weight is 340 g/mol. The molecule has 0 aliphatic rings. The fraction of sp³-hybridized carbons (Fsp3) is 0.0909. The van der Waals surface area contributed by atoms with Crippen LogP contribution in [0.5, 0.6) is 0 Å². The van der Waals surface area contributed by atoms with E-state index in [-0.39, 0.29) is 6.42 Å². The summed E-state index contributed by atoms with van der Waals surface area (Å²) in [6, 6.07) is 23.3. The number of hydrogen-bond donors (Lipinski definition) is 1. The molecule has 0 bridgehead atoms. The van der Waals surface area contributed by atoms with Crippen molar-refractivity contribution in [1.29, 1.82) is 0 Å². The van der Waals surface area contributed by atoms with Gasteiger partial charge < -0.3 is 14.5 Å². The minimum Gasteiger partial charge on any atom is -0.476 e. The van der Waals surface area contributed by atoms with E-state index in [0.29, 0.717) is 0 Å². The topological polar surface area (TPSA) is 46.6 Å². The van der Waals surface area contributed by atoms with Gasteiger partial charge in [-0.3, -0.25) is 0 Å². The van der Waals surface area contributed by atoms with Crippen LogP contribution in [0.25, 0.3) is 32.3 Å². The summed E-state index contributed by atoms with van der Waals surface area (Å²) in [4.78, 5) is 14.2. The van der Waals surface area contributed by atoms with Crippen molar-refractivity contribution in [3.05, 3.63) is 89.8 Å². The van der Waals surface area contributed by atoms with Crippen LogP contribution in [0.15, 0.2) is 72.8 Å². The highest BCUT2D eigenvalue weighted by molar-refractivity contribution is 6.09. The predicted octanol–water partition coefficient (Wildman–Crippen LogP) is 4.70. The van der Waals surface area contributed by atoms with E-state index in [1.54, 1.807) is 0 Å². The number of fused-ring (bicyclic) bond motifs is 3. The van der Waals surface area contributed by atoms with Crippen molar-refractivity contribution in [2.24, 2.45) is 0 Å². The van der Waals surface area contributed by atoms with E-state index in [0.717, 1.165) is 22.3 Å². The van der Waals surface area contributed by atoms with E-state index in [2.05, 4.69) is 33.7 Å². The molecule has 1 aromatic heterocycles. The first-order chi connectivity index (χ1) is 12.7. The van der Waals surface area contributed by atoms with Gasteiger partial charge in [0.1, 0.15) is 0 Å². The summed E-state index contributed by atoms with van der Waals surface area (Å²) in [5, 5.41) is 11.5. The van der Waals surface area contributed by atoms with Gasteiger partial charge in [0.05, 0.1) is 17.5 Å². The monoisotopic (exact) mass is 340 g/mol. The van der Waals surface area contributed by atoms with Gasteiger partial charge in [0, 0.05) is 16.5 Å². The highest BCUT2D eigenvalue weighted by atomic mass is 16.4. The zero-order valence-corrected chi connectivity index (χ0v) is 14.0. The SMILES string of the molecule is [C-]#[N+]C(Cc1ccc(-n2c3ccccc3c3ccccc32)cc1)C(=O)O. The van der Waals surface area contributed by atoms with Crippen molar-refractivity contribution in [1.82, 2.24) is 4.57 Å². The third-order valence-electron chi connectivity index (χ3n) is 4.64. The Kier molecular flexibility index (Phi) is 3.91. The Morgan fingerprint density at radius 2 is 1.46 bits per heavy atom. The largest absolute Gasteiger partial charge is 0.476 e. The molecule has 0 radical (unpaired) electrons. The minimum absolute atomic E-state index is 0.215. The Hall–Kier alpha value is -3.58. The van der Waals surface area contributed by atoms with Crippen molar-refractivity contribution in [2.45, 2.75) is 12.5 Å². The molecule has 4 aromatic rings. The third kappa shape index (κ3) is 2.60. The van der Waals surface area contributed by atoms with E-state index in [9.17, 15) is 4.79 Å². The number of hydrogen-bond acceptors (Lipinski definition) is 1. The fourth-order valence-corrected chi connectivity index (χ4v) is 3.39. The number of carboxylic acids is 1. The number of benzene rings is 3. The molecule has 1 N–H and O–H groups in total. The second-order valence-corrected chi connectivity index (χ2v) is 6.22. The molecule has 0 aliphatic heterocycles. The van der Waals surface area contributed by atoms with Crippen LogP contribution in [0.3, 0.4) is 0 Å². The zero-order chi connectivity index (χ0) is 18.1. The lowest BCUT2D eigenvalue weighted by atomic mass is 10.1. The van der Waals surface area contributed by atoms with Gasteiger partial charge in [0.15, 0.2) is 0 Å². The average Bonchev–Trinajstić information content (AvgIpc) is 3.01. The van der Waals surface area contributed by atoms with Crippen LogP contribution in [0.1, 0.15) is 5.56 Å². The maximum atomic E-state index is 11.1. The first-order valence-corrected chi connectivity index (χ1v) is 8.36. The molecular formula is C22H16N2O2. The number of para-hydroxylation sites is 2. The van der Waals surface area contributed by atoms with Gasteiger partial charge in [-0.15, -0.1) is 0 Å². The molecule has 4 heteroatoms. The molecular weight excluding hydrogens is 324 g/mol. The molecule has 0 spiro atoms. The molecule has 0 saturated carbocycles. The maximum Gasteiger partial charge on any atom is 0.388 e. The maximum absolute atomic E-state index is 11.1. The van der Waals surface area contributed by atoms with E-state index < -0.39 is 12.0 Å². The number of aliphatic carboxylic acids is 1. The molecule has 0 amide bonds. The predicted molar refractivity (Wildman–Crippen MR) is 103 cm³/mol. The number of aromatic nitrogens is 1. The van der Waals surface area contributed by atoms with Crippen LogP contribution >= 0.6 is 0 Å². The Morgan fingerprint density at radius 1 is 0.923 bits per heavy atom. The van der Waals surface area contributed by atoms with Gasteiger partial charge in [-0.25, -0.2) is 11.4 Å². The van der Waals surface area contributed by atoms with Crippen LogP contribution in [0.4, 0.5) is 0 Å². The molecule has 4 rings (SSSR count). The van der Waals surface area contributed by atoms with Gasteiger partial charge in [0.2, 0.25) is 0 Å². The first-order valence-electron chi connectivity index (χ1n) is 8.36. The van der Waals surface area contributed by atoms with Gasteiger partial charge >= 0.3 is 12.0 Å².